The minimum Gasteiger partial charge on any atom is -0.368 e. The minimum atomic E-state index is -0.810. The van der Waals surface area contributed by atoms with Crippen LogP contribution in [0.2, 0.25) is 0 Å². The molecular weight excluding hydrogens is 356 g/mol. The Morgan fingerprint density at radius 1 is 1.00 bits per heavy atom. The van der Waals surface area contributed by atoms with Crippen molar-refractivity contribution in [1.82, 2.24) is 10.6 Å². The molecule has 0 saturated heterocycles. The van der Waals surface area contributed by atoms with Gasteiger partial charge in [-0.15, -0.1) is 0 Å². The molecule has 1 aromatic heterocycles. The van der Waals surface area contributed by atoms with E-state index in [1.807, 2.05) is 54.9 Å². The van der Waals surface area contributed by atoms with Gasteiger partial charge in [-0.05, 0) is 18.9 Å². The van der Waals surface area contributed by atoms with Gasteiger partial charge in [0.1, 0.15) is 17.6 Å². The molecule has 0 aliphatic carbocycles. The fourth-order valence-corrected chi connectivity index (χ4v) is 2.68. The molecule has 0 aliphatic heterocycles. The summed E-state index contributed by atoms with van der Waals surface area (Å²) in [4.78, 5) is 36.3. The molecule has 28 heavy (non-hydrogen) atoms. The highest BCUT2D eigenvalue weighted by molar-refractivity contribution is 5.98. The Kier molecular flexibility index (Phi) is 7.26. The molecule has 4 N–H and O–H groups in total. The summed E-state index contributed by atoms with van der Waals surface area (Å²) in [5.41, 5.74) is 6.75. The van der Waals surface area contributed by atoms with Gasteiger partial charge in [0.15, 0.2) is 18.9 Å². The maximum absolute atomic E-state index is 12.7. The maximum atomic E-state index is 12.7. The van der Waals surface area contributed by atoms with Crippen molar-refractivity contribution in [3.05, 3.63) is 66.0 Å². The van der Waals surface area contributed by atoms with Crippen LogP contribution in [0.25, 0.3) is 0 Å². The Morgan fingerprint density at radius 2 is 1.68 bits per heavy atom. The molecule has 2 rings (SSSR count). The molecule has 1 heterocycles. The Morgan fingerprint density at radius 3 is 2.29 bits per heavy atom. The van der Waals surface area contributed by atoms with E-state index in [1.54, 1.807) is 18.3 Å². The van der Waals surface area contributed by atoms with E-state index in [2.05, 4.69) is 10.6 Å². The van der Waals surface area contributed by atoms with Crippen molar-refractivity contribution in [1.29, 1.82) is 0 Å². The van der Waals surface area contributed by atoms with E-state index in [0.29, 0.717) is 12.1 Å². The van der Waals surface area contributed by atoms with Gasteiger partial charge in [-0.3, -0.25) is 14.4 Å². The number of aromatic nitrogens is 1. The molecule has 2 atom stereocenters. The van der Waals surface area contributed by atoms with Crippen molar-refractivity contribution in [3.8, 4) is 0 Å². The zero-order valence-electron chi connectivity index (χ0n) is 16.4. The van der Waals surface area contributed by atoms with Crippen LogP contribution >= 0.6 is 0 Å². The highest BCUT2D eigenvalue weighted by Crippen LogP contribution is 2.05. The highest BCUT2D eigenvalue weighted by Gasteiger charge is 2.27. The summed E-state index contributed by atoms with van der Waals surface area (Å²) in [6.45, 7) is 5.77. The Hall–Kier alpha value is -3.22. The van der Waals surface area contributed by atoms with Crippen LogP contribution in [-0.2, 0) is 16.1 Å². The molecule has 7 nitrogen and oxygen atoms in total. The summed E-state index contributed by atoms with van der Waals surface area (Å²) >= 11 is 0. The van der Waals surface area contributed by atoms with E-state index in [0.717, 1.165) is 5.56 Å². The van der Waals surface area contributed by atoms with Crippen molar-refractivity contribution in [2.45, 2.75) is 39.4 Å². The monoisotopic (exact) mass is 383 g/mol. The fourth-order valence-electron chi connectivity index (χ4n) is 2.68. The Labute approximate surface area is 164 Å². The zero-order chi connectivity index (χ0) is 20.7. The van der Waals surface area contributed by atoms with Crippen LogP contribution in [-0.4, -0.2) is 29.8 Å². The van der Waals surface area contributed by atoms with Crippen molar-refractivity contribution >= 4 is 17.7 Å². The number of carbonyl (C=O) groups excluding carboxylic acids is 3. The van der Waals surface area contributed by atoms with E-state index >= 15 is 0 Å². The lowest BCUT2D eigenvalue weighted by molar-refractivity contribution is -0.688. The molecule has 0 unspecified atom stereocenters. The van der Waals surface area contributed by atoms with Gasteiger partial charge in [0.25, 0.3) is 5.91 Å². The molecule has 0 radical (unpaired) electrons. The normalized spacial score (nSPS) is 12.9. The molecule has 0 aliphatic rings. The molecule has 1 aromatic carbocycles. The topological polar surface area (TPSA) is 105 Å². The second-order valence-electron chi connectivity index (χ2n) is 7.08. The van der Waals surface area contributed by atoms with Crippen molar-refractivity contribution < 1.29 is 19.0 Å². The number of nitrogens with two attached hydrogens (primary N) is 1. The number of carbonyl (C=O) groups is 3. The van der Waals surface area contributed by atoms with Gasteiger partial charge in [-0.1, -0.05) is 44.2 Å². The van der Waals surface area contributed by atoms with Crippen molar-refractivity contribution in [2.24, 2.45) is 11.7 Å². The standard InChI is InChI=1S/C21H26N4O3/c1-14(2)18(21(28)23-15(3)19(22)26)24-20(27)17-10-7-11-25(13-17)12-16-8-5-4-6-9-16/h4-11,13-15,18H,12H2,1-3H3,(H3-,22,23,24,26,27,28)/p+1/t15-,18+/m1/s1. The Balaban J connectivity index is 2.10. The average molecular weight is 383 g/mol. The van der Waals surface area contributed by atoms with Crippen LogP contribution < -0.4 is 20.9 Å². The lowest BCUT2D eigenvalue weighted by Crippen LogP contribution is -2.54. The maximum Gasteiger partial charge on any atom is 0.258 e. The van der Waals surface area contributed by atoms with Gasteiger partial charge in [-0.2, -0.15) is 4.57 Å². The van der Waals surface area contributed by atoms with E-state index in [-0.39, 0.29) is 11.8 Å². The molecule has 0 saturated carbocycles. The van der Waals surface area contributed by atoms with Gasteiger partial charge in [0, 0.05) is 11.6 Å². The number of hydrogen-bond acceptors (Lipinski definition) is 3. The number of benzene rings is 1. The molecule has 0 spiro atoms. The van der Waals surface area contributed by atoms with Gasteiger partial charge in [0.05, 0.1) is 0 Å². The molecule has 2 aromatic rings. The van der Waals surface area contributed by atoms with Crippen molar-refractivity contribution in [3.63, 3.8) is 0 Å². The summed E-state index contributed by atoms with van der Waals surface area (Å²) < 4.78 is 1.91. The second kappa shape index (κ2) is 9.64. The highest BCUT2D eigenvalue weighted by atomic mass is 16.2. The summed E-state index contributed by atoms with van der Waals surface area (Å²) in [6.07, 6.45) is 3.62. The number of nitrogens with one attached hydrogen (secondary N) is 2. The van der Waals surface area contributed by atoms with Crippen LogP contribution in [0.15, 0.2) is 54.9 Å². The fraction of sp³-hybridized carbons (Fsp3) is 0.333. The van der Waals surface area contributed by atoms with E-state index in [4.69, 9.17) is 5.73 Å². The predicted octanol–water partition coefficient (Wildman–Crippen LogP) is 0.767. The second-order valence-corrected chi connectivity index (χ2v) is 7.08. The average Bonchev–Trinajstić information content (AvgIpc) is 2.66. The number of primary amides is 1. The molecule has 7 heteroatoms. The predicted molar refractivity (Wildman–Crippen MR) is 105 cm³/mol. The van der Waals surface area contributed by atoms with E-state index in [9.17, 15) is 14.4 Å². The number of nitrogens with zero attached hydrogens (tertiary/aromatic N) is 1. The lowest BCUT2D eigenvalue weighted by Gasteiger charge is -2.23. The third-order valence-electron chi connectivity index (χ3n) is 4.35. The van der Waals surface area contributed by atoms with Crippen LogP contribution in [0.4, 0.5) is 0 Å². The first-order valence-corrected chi connectivity index (χ1v) is 9.21. The number of hydrogen-bond donors (Lipinski definition) is 3. The van der Waals surface area contributed by atoms with Gasteiger partial charge in [-0.25, -0.2) is 0 Å². The summed E-state index contributed by atoms with van der Waals surface area (Å²) in [6, 6.07) is 11.8. The Bertz CT molecular complexity index is 837. The lowest BCUT2D eigenvalue weighted by atomic mass is 10.0. The first kappa shape index (κ1) is 21.1. The first-order chi connectivity index (χ1) is 13.3. The number of pyridine rings is 1. The molecule has 0 bridgehead atoms. The van der Waals surface area contributed by atoms with Crippen LogP contribution in [0.3, 0.4) is 0 Å². The quantitative estimate of drug-likeness (QED) is 0.586. The molecule has 0 fully saturated rings. The first-order valence-electron chi connectivity index (χ1n) is 9.21. The summed E-state index contributed by atoms with van der Waals surface area (Å²) in [7, 11) is 0. The van der Waals surface area contributed by atoms with Crippen LogP contribution in [0.1, 0.15) is 36.7 Å². The van der Waals surface area contributed by atoms with E-state index < -0.39 is 23.9 Å². The smallest absolute Gasteiger partial charge is 0.258 e. The molecule has 3 amide bonds. The van der Waals surface area contributed by atoms with Crippen molar-refractivity contribution in [2.75, 3.05) is 0 Å². The summed E-state index contributed by atoms with van der Waals surface area (Å²) in [5, 5.41) is 5.28. The SMILES string of the molecule is CC(C)[C@H](NC(=O)c1ccc[n+](Cc2ccccc2)c1)C(=O)N[C@H](C)C(N)=O. The van der Waals surface area contributed by atoms with E-state index in [1.165, 1.54) is 6.92 Å². The van der Waals surface area contributed by atoms with Crippen LogP contribution in [0, 0.1) is 5.92 Å². The molecule has 148 valence electrons. The third-order valence-corrected chi connectivity index (χ3v) is 4.35. The zero-order valence-corrected chi connectivity index (χ0v) is 16.4. The largest absolute Gasteiger partial charge is 0.368 e. The number of amides is 3. The third kappa shape index (κ3) is 5.90. The van der Waals surface area contributed by atoms with Gasteiger partial charge in [0.2, 0.25) is 11.8 Å². The minimum absolute atomic E-state index is 0.163. The number of rotatable bonds is 8. The summed E-state index contributed by atoms with van der Waals surface area (Å²) in [5.74, 6) is -1.60. The molecular formula is C21H27N4O3+. The van der Waals surface area contributed by atoms with Gasteiger partial charge < -0.3 is 16.4 Å². The van der Waals surface area contributed by atoms with Crippen LogP contribution in [0.5, 0.6) is 0 Å². The van der Waals surface area contributed by atoms with Gasteiger partial charge >= 0.3 is 0 Å².